The second-order valence-corrected chi connectivity index (χ2v) is 9.01. The topological polar surface area (TPSA) is 39.9 Å². The molecule has 2 atom stereocenters. The Morgan fingerprint density at radius 3 is 3.08 bits per heavy atom. The van der Waals surface area contributed by atoms with E-state index in [1.165, 1.54) is 43.4 Å². The first-order valence-corrected chi connectivity index (χ1v) is 10.8. The van der Waals surface area contributed by atoms with E-state index in [9.17, 15) is 0 Å². The van der Waals surface area contributed by atoms with Crippen molar-refractivity contribution in [2.75, 3.05) is 12.4 Å². The average Bonchev–Trinajstić information content (AvgIpc) is 3.31. The van der Waals surface area contributed by atoms with E-state index in [1.54, 1.807) is 22.2 Å². The molecule has 0 bridgehead atoms. The van der Waals surface area contributed by atoms with Crippen LogP contribution in [-0.4, -0.2) is 33.2 Å². The molecule has 0 unspecified atom stereocenters. The zero-order valence-corrected chi connectivity index (χ0v) is 16.1. The van der Waals surface area contributed by atoms with E-state index in [0.29, 0.717) is 6.10 Å². The van der Waals surface area contributed by atoms with Gasteiger partial charge in [-0.05, 0) is 49.7 Å². The number of fused-ring (bicyclic) bond motifs is 1. The highest BCUT2D eigenvalue weighted by Crippen LogP contribution is 2.38. The maximum absolute atomic E-state index is 5.71. The van der Waals surface area contributed by atoms with Crippen LogP contribution in [0, 0.1) is 5.92 Å². The number of ether oxygens (including phenoxy) is 1. The van der Waals surface area contributed by atoms with E-state index in [-0.39, 0.29) is 0 Å². The molecule has 0 aromatic carbocycles. The summed E-state index contributed by atoms with van der Waals surface area (Å²) in [4.78, 5) is 2.84. The van der Waals surface area contributed by atoms with Crippen LogP contribution in [0.3, 0.4) is 0 Å². The third-order valence-corrected chi connectivity index (χ3v) is 7.63. The first-order valence-electron chi connectivity index (χ1n) is 9.00. The van der Waals surface area contributed by atoms with Crippen LogP contribution < -0.4 is 0 Å². The summed E-state index contributed by atoms with van der Waals surface area (Å²) in [7, 11) is 2.08. The molecule has 0 amide bonds. The second kappa shape index (κ2) is 7.18. The van der Waals surface area contributed by atoms with Crippen molar-refractivity contribution in [3.05, 3.63) is 16.5 Å². The molecule has 2 aliphatic rings. The Bertz CT molecular complexity index is 703. The van der Waals surface area contributed by atoms with Crippen molar-refractivity contribution >= 4 is 23.1 Å². The van der Waals surface area contributed by atoms with Gasteiger partial charge in [-0.15, -0.1) is 21.5 Å². The summed E-state index contributed by atoms with van der Waals surface area (Å²) in [6.45, 7) is 3.22. The molecule has 1 saturated heterocycles. The van der Waals surface area contributed by atoms with Gasteiger partial charge in [-0.25, -0.2) is 0 Å². The van der Waals surface area contributed by atoms with Crippen LogP contribution in [-0.2, 0) is 24.6 Å². The summed E-state index contributed by atoms with van der Waals surface area (Å²) in [5, 5.41) is 9.89. The molecule has 0 spiro atoms. The van der Waals surface area contributed by atoms with Gasteiger partial charge in [0.15, 0.2) is 11.0 Å². The zero-order chi connectivity index (χ0) is 16.5. The van der Waals surface area contributed by atoms with E-state index in [1.807, 2.05) is 11.3 Å². The number of aryl methyl sites for hydroxylation is 1. The highest BCUT2D eigenvalue weighted by atomic mass is 32.2. The quantitative estimate of drug-likeness (QED) is 0.741. The lowest BCUT2D eigenvalue weighted by molar-refractivity contribution is 0.129. The van der Waals surface area contributed by atoms with Crippen LogP contribution in [0.1, 0.15) is 43.0 Å². The summed E-state index contributed by atoms with van der Waals surface area (Å²) in [6, 6.07) is 2.36. The lowest BCUT2D eigenvalue weighted by atomic mass is 9.87. The smallest absolute Gasteiger partial charge is 0.191 e. The summed E-state index contributed by atoms with van der Waals surface area (Å²) in [6.07, 6.45) is 7.85. The largest absolute Gasteiger partial charge is 0.377 e. The fraction of sp³-hybridized carbons (Fsp3) is 0.667. The normalized spacial score (nSPS) is 23.6. The van der Waals surface area contributed by atoms with Gasteiger partial charge in [-0.3, -0.25) is 0 Å². The van der Waals surface area contributed by atoms with Gasteiger partial charge >= 0.3 is 0 Å². The number of aromatic nitrogens is 3. The lowest BCUT2D eigenvalue weighted by Crippen LogP contribution is -2.10. The summed E-state index contributed by atoms with van der Waals surface area (Å²) >= 11 is 3.68. The van der Waals surface area contributed by atoms with E-state index < -0.39 is 0 Å². The maximum Gasteiger partial charge on any atom is 0.191 e. The summed E-state index contributed by atoms with van der Waals surface area (Å²) in [5.41, 5.74) is 1.55. The first kappa shape index (κ1) is 16.6. The molecule has 0 radical (unpaired) electrons. The van der Waals surface area contributed by atoms with Crippen molar-refractivity contribution in [2.24, 2.45) is 13.0 Å². The fourth-order valence-electron chi connectivity index (χ4n) is 3.66. The van der Waals surface area contributed by atoms with Crippen molar-refractivity contribution < 1.29 is 4.74 Å². The fourth-order valence-corrected chi connectivity index (χ4v) is 5.86. The molecule has 6 heteroatoms. The Balaban J connectivity index is 1.49. The van der Waals surface area contributed by atoms with Gasteiger partial charge in [0.2, 0.25) is 0 Å². The van der Waals surface area contributed by atoms with Crippen molar-refractivity contribution in [2.45, 2.75) is 56.7 Å². The molecule has 2 aromatic rings. The molecule has 2 aromatic heterocycles. The van der Waals surface area contributed by atoms with Crippen molar-refractivity contribution in [3.63, 3.8) is 0 Å². The van der Waals surface area contributed by atoms with Crippen LogP contribution >= 0.6 is 23.1 Å². The van der Waals surface area contributed by atoms with Gasteiger partial charge in [0.05, 0.1) is 11.0 Å². The van der Waals surface area contributed by atoms with Gasteiger partial charge in [-0.2, -0.15) is 0 Å². The molecular weight excluding hydrogens is 338 g/mol. The number of hydrogen-bond donors (Lipinski definition) is 0. The molecule has 1 aliphatic heterocycles. The molecule has 24 heavy (non-hydrogen) atoms. The van der Waals surface area contributed by atoms with Gasteiger partial charge in [0, 0.05) is 24.3 Å². The monoisotopic (exact) mass is 363 g/mol. The standard InChI is InChI=1S/C18H25N3OS2/c1-3-12-6-7-15-13(9-12)10-16(24-15)17-19-20-18(21(17)2)23-11-14-5-4-8-22-14/h10,12,14H,3-9,11H2,1-2H3/t12-,14-/m1/s1. The van der Waals surface area contributed by atoms with Crippen LogP contribution in [0.25, 0.3) is 10.7 Å². The number of thiophene rings is 1. The minimum Gasteiger partial charge on any atom is -0.377 e. The predicted octanol–water partition coefficient (Wildman–Crippen LogP) is 4.33. The molecule has 0 saturated carbocycles. The molecule has 1 aliphatic carbocycles. The van der Waals surface area contributed by atoms with Gasteiger partial charge < -0.3 is 9.30 Å². The Labute approximate surface area is 152 Å². The van der Waals surface area contributed by atoms with E-state index >= 15 is 0 Å². The SMILES string of the molecule is CC[C@@H]1CCc2sc(-c3nnc(SC[C@H]4CCCO4)n3C)cc2C1. The minimum absolute atomic E-state index is 0.384. The van der Waals surface area contributed by atoms with Crippen LogP contribution in [0.4, 0.5) is 0 Å². The molecule has 3 heterocycles. The Hall–Kier alpha value is -0.850. The van der Waals surface area contributed by atoms with Crippen molar-refractivity contribution in [3.8, 4) is 10.7 Å². The third kappa shape index (κ3) is 3.28. The Kier molecular flexibility index (Phi) is 4.97. The van der Waals surface area contributed by atoms with E-state index in [4.69, 9.17) is 4.74 Å². The average molecular weight is 364 g/mol. The second-order valence-electron chi connectivity index (χ2n) is 6.89. The first-order chi connectivity index (χ1) is 11.7. The molecule has 130 valence electrons. The predicted molar refractivity (Wildman–Crippen MR) is 99.8 cm³/mol. The van der Waals surface area contributed by atoms with Crippen molar-refractivity contribution in [1.82, 2.24) is 14.8 Å². The number of hydrogen-bond acceptors (Lipinski definition) is 5. The van der Waals surface area contributed by atoms with E-state index in [2.05, 4.69) is 34.8 Å². The maximum atomic E-state index is 5.71. The number of nitrogens with zero attached hydrogens (tertiary/aromatic N) is 3. The van der Waals surface area contributed by atoms with Crippen LogP contribution in [0.2, 0.25) is 0 Å². The highest BCUT2D eigenvalue weighted by molar-refractivity contribution is 7.99. The van der Waals surface area contributed by atoms with Crippen molar-refractivity contribution in [1.29, 1.82) is 0 Å². The molecular formula is C18H25N3OS2. The summed E-state index contributed by atoms with van der Waals surface area (Å²) in [5.74, 6) is 2.85. The molecule has 1 fully saturated rings. The Morgan fingerprint density at radius 2 is 2.29 bits per heavy atom. The zero-order valence-electron chi connectivity index (χ0n) is 14.5. The minimum atomic E-state index is 0.384. The molecule has 4 nitrogen and oxygen atoms in total. The lowest BCUT2D eigenvalue weighted by Gasteiger charge is -2.19. The number of thioether (sulfide) groups is 1. The Morgan fingerprint density at radius 1 is 1.38 bits per heavy atom. The summed E-state index contributed by atoms with van der Waals surface area (Å²) < 4.78 is 7.85. The van der Waals surface area contributed by atoms with Gasteiger partial charge in [-0.1, -0.05) is 25.1 Å². The van der Waals surface area contributed by atoms with Gasteiger partial charge in [0.25, 0.3) is 0 Å². The van der Waals surface area contributed by atoms with Gasteiger partial charge in [0.1, 0.15) is 0 Å². The molecule has 4 rings (SSSR count). The van der Waals surface area contributed by atoms with Crippen LogP contribution in [0.5, 0.6) is 0 Å². The third-order valence-electron chi connectivity index (χ3n) is 5.24. The number of rotatable bonds is 5. The van der Waals surface area contributed by atoms with Crippen LogP contribution in [0.15, 0.2) is 11.2 Å². The van der Waals surface area contributed by atoms with E-state index in [0.717, 1.165) is 29.3 Å². The molecule has 0 N–H and O–H groups in total. The highest BCUT2D eigenvalue weighted by Gasteiger charge is 2.23.